The molecule has 0 bridgehead atoms. The molecule has 0 fully saturated rings. The van der Waals surface area contributed by atoms with Gasteiger partial charge in [-0.15, -0.1) is 0 Å². The molecule has 4 nitrogen and oxygen atoms in total. The van der Waals surface area contributed by atoms with Crippen LogP contribution in [0.4, 0.5) is 8.78 Å². The van der Waals surface area contributed by atoms with Crippen molar-refractivity contribution in [3.63, 3.8) is 0 Å². The molecule has 0 spiro atoms. The minimum Gasteiger partial charge on any atom is -0.488 e. The third kappa shape index (κ3) is 4.88. The molecule has 0 atom stereocenters. The van der Waals surface area contributed by atoms with Gasteiger partial charge in [0.25, 0.3) is 9.05 Å². The van der Waals surface area contributed by atoms with E-state index in [1.165, 1.54) is 0 Å². The molecular formula is C12H15ClF2O4S. The fraction of sp³-hybridized carbons (Fsp3) is 0.500. The molecule has 8 heteroatoms. The third-order valence-corrected chi connectivity index (χ3v) is 3.49. The van der Waals surface area contributed by atoms with Crippen LogP contribution in [0.5, 0.6) is 5.75 Å². The van der Waals surface area contributed by atoms with Crippen LogP contribution in [-0.2, 0) is 13.8 Å². The Bertz CT molecular complexity index is 582. The summed E-state index contributed by atoms with van der Waals surface area (Å²) in [5.41, 5.74) is -0.371. The van der Waals surface area contributed by atoms with Gasteiger partial charge in [0.1, 0.15) is 11.5 Å². The predicted octanol–water partition coefficient (Wildman–Crippen LogP) is 3.09. The van der Waals surface area contributed by atoms with Crippen LogP contribution < -0.4 is 4.74 Å². The zero-order chi connectivity index (χ0) is 15.6. The molecule has 0 radical (unpaired) electrons. The molecule has 0 heterocycles. The van der Waals surface area contributed by atoms with Gasteiger partial charge >= 0.3 is 0 Å². The summed E-state index contributed by atoms with van der Waals surface area (Å²) in [6.07, 6.45) is 0. The molecule has 0 saturated heterocycles. The van der Waals surface area contributed by atoms with Crippen LogP contribution in [-0.4, -0.2) is 27.2 Å². The number of ether oxygens (including phenoxy) is 2. The molecule has 1 aromatic rings. The van der Waals surface area contributed by atoms with E-state index in [2.05, 4.69) is 0 Å². The molecule has 0 unspecified atom stereocenters. The summed E-state index contributed by atoms with van der Waals surface area (Å²) < 4.78 is 59.4. The van der Waals surface area contributed by atoms with Crippen LogP contribution in [0.2, 0.25) is 0 Å². The van der Waals surface area contributed by atoms with E-state index in [-0.39, 0.29) is 18.8 Å². The normalized spacial score (nSPS) is 12.5. The summed E-state index contributed by atoms with van der Waals surface area (Å²) in [5, 5.41) is 0. The molecule has 0 aliphatic carbocycles. The Balaban J connectivity index is 2.77. The van der Waals surface area contributed by atoms with Crippen LogP contribution in [0.25, 0.3) is 0 Å². The summed E-state index contributed by atoms with van der Waals surface area (Å²) in [6, 6.07) is 1.85. The van der Waals surface area contributed by atoms with Crippen LogP contribution in [0.3, 0.4) is 0 Å². The number of benzene rings is 1. The van der Waals surface area contributed by atoms with E-state index in [0.29, 0.717) is 0 Å². The first-order chi connectivity index (χ1) is 9.02. The van der Waals surface area contributed by atoms with E-state index in [0.717, 1.165) is 12.1 Å². The zero-order valence-electron chi connectivity index (χ0n) is 11.2. The van der Waals surface area contributed by atoms with Crippen molar-refractivity contribution in [2.45, 2.75) is 31.3 Å². The van der Waals surface area contributed by atoms with Gasteiger partial charge < -0.3 is 9.47 Å². The Morgan fingerprint density at radius 2 is 1.75 bits per heavy atom. The van der Waals surface area contributed by atoms with Gasteiger partial charge in [0.15, 0.2) is 11.6 Å². The highest BCUT2D eigenvalue weighted by Crippen LogP contribution is 2.27. The van der Waals surface area contributed by atoms with Crippen LogP contribution in [0, 0.1) is 11.6 Å². The monoisotopic (exact) mass is 328 g/mol. The number of rotatable bonds is 5. The average Bonchev–Trinajstić information content (AvgIpc) is 2.26. The van der Waals surface area contributed by atoms with Crippen molar-refractivity contribution in [2.75, 3.05) is 13.2 Å². The largest absolute Gasteiger partial charge is 0.488 e. The Morgan fingerprint density at radius 1 is 1.15 bits per heavy atom. The highest BCUT2D eigenvalue weighted by atomic mass is 35.7. The molecule has 114 valence electrons. The molecule has 0 aliphatic rings. The van der Waals surface area contributed by atoms with Crippen molar-refractivity contribution in [3.05, 3.63) is 23.8 Å². The number of hydrogen-bond acceptors (Lipinski definition) is 4. The topological polar surface area (TPSA) is 52.6 Å². The summed E-state index contributed by atoms with van der Waals surface area (Å²) in [6.45, 7) is 5.70. The standard InChI is InChI=1S/C12H15ClF2O4S/c1-12(2,3)19-7-6-18-8-4-5-9(20(13,16)17)11(15)10(8)14/h4-5H,6-7H2,1-3H3. The Labute approximate surface area is 121 Å². The Hall–Kier alpha value is -0.920. The maximum Gasteiger partial charge on any atom is 0.264 e. The summed E-state index contributed by atoms with van der Waals surface area (Å²) in [4.78, 5) is -0.921. The van der Waals surface area contributed by atoms with Crippen molar-refractivity contribution in [1.29, 1.82) is 0 Å². The van der Waals surface area contributed by atoms with Crippen molar-refractivity contribution in [2.24, 2.45) is 0 Å². The maximum atomic E-state index is 13.6. The van der Waals surface area contributed by atoms with Gasteiger partial charge in [0.2, 0.25) is 5.82 Å². The highest BCUT2D eigenvalue weighted by Gasteiger charge is 2.22. The van der Waals surface area contributed by atoms with Gasteiger partial charge in [0.05, 0.1) is 12.2 Å². The van der Waals surface area contributed by atoms with Gasteiger partial charge in [0, 0.05) is 10.7 Å². The summed E-state index contributed by atoms with van der Waals surface area (Å²) in [5.74, 6) is -3.36. The second kappa shape index (κ2) is 6.24. The lowest BCUT2D eigenvalue weighted by Crippen LogP contribution is -2.22. The molecule has 0 N–H and O–H groups in total. The Morgan fingerprint density at radius 3 is 2.25 bits per heavy atom. The van der Waals surface area contributed by atoms with E-state index in [1.807, 2.05) is 20.8 Å². The van der Waals surface area contributed by atoms with Gasteiger partial charge in [-0.2, -0.15) is 4.39 Å². The highest BCUT2D eigenvalue weighted by molar-refractivity contribution is 8.13. The van der Waals surface area contributed by atoms with Gasteiger partial charge in [-0.05, 0) is 32.9 Å². The van der Waals surface area contributed by atoms with Crippen molar-refractivity contribution < 1.29 is 26.7 Å². The molecule has 1 aromatic carbocycles. The van der Waals surface area contributed by atoms with Crippen molar-refractivity contribution >= 4 is 19.7 Å². The first kappa shape index (κ1) is 17.1. The van der Waals surface area contributed by atoms with E-state index >= 15 is 0 Å². The molecule has 0 saturated carbocycles. The average molecular weight is 329 g/mol. The lowest BCUT2D eigenvalue weighted by atomic mass is 10.2. The second-order valence-electron chi connectivity index (χ2n) is 4.94. The lowest BCUT2D eigenvalue weighted by Gasteiger charge is -2.19. The second-order valence-corrected chi connectivity index (χ2v) is 7.47. The molecule has 0 amide bonds. The van der Waals surface area contributed by atoms with Crippen molar-refractivity contribution in [1.82, 2.24) is 0 Å². The molecule has 20 heavy (non-hydrogen) atoms. The lowest BCUT2D eigenvalue weighted by molar-refractivity contribution is -0.0167. The number of hydrogen-bond donors (Lipinski definition) is 0. The van der Waals surface area contributed by atoms with Gasteiger partial charge in [-0.3, -0.25) is 0 Å². The Kier molecular flexibility index (Phi) is 5.34. The van der Waals surface area contributed by atoms with Crippen LogP contribution >= 0.6 is 10.7 Å². The van der Waals surface area contributed by atoms with E-state index in [9.17, 15) is 17.2 Å². The SMILES string of the molecule is CC(C)(C)OCCOc1ccc(S(=O)(=O)Cl)c(F)c1F. The van der Waals surface area contributed by atoms with E-state index < -0.39 is 31.3 Å². The zero-order valence-corrected chi connectivity index (χ0v) is 12.8. The molecule has 1 rings (SSSR count). The van der Waals surface area contributed by atoms with E-state index in [4.69, 9.17) is 20.2 Å². The molecule has 0 aromatic heterocycles. The molecule has 0 aliphatic heterocycles. The van der Waals surface area contributed by atoms with Crippen LogP contribution in [0.15, 0.2) is 17.0 Å². The first-order valence-corrected chi connectivity index (χ1v) is 8.03. The minimum absolute atomic E-state index is 0.000597. The quantitative estimate of drug-likeness (QED) is 0.615. The molecular weight excluding hydrogens is 314 g/mol. The fourth-order valence-electron chi connectivity index (χ4n) is 1.31. The maximum absolute atomic E-state index is 13.6. The summed E-state index contributed by atoms with van der Waals surface area (Å²) in [7, 11) is 0.630. The predicted molar refractivity (Wildman–Crippen MR) is 70.6 cm³/mol. The third-order valence-electron chi connectivity index (χ3n) is 2.15. The minimum atomic E-state index is -4.34. The van der Waals surface area contributed by atoms with Crippen LogP contribution in [0.1, 0.15) is 20.8 Å². The van der Waals surface area contributed by atoms with E-state index in [1.54, 1.807) is 0 Å². The van der Waals surface area contributed by atoms with Gasteiger partial charge in [-0.25, -0.2) is 12.8 Å². The smallest absolute Gasteiger partial charge is 0.264 e. The van der Waals surface area contributed by atoms with Gasteiger partial charge in [-0.1, -0.05) is 0 Å². The number of halogens is 3. The fourth-order valence-corrected chi connectivity index (χ4v) is 2.21. The first-order valence-electron chi connectivity index (χ1n) is 5.72. The summed E-state index contributed by atoms with van der Waals surface area (Å²) >= 11 is 0. The van der Waals surface area contributed by atoms with Crippen molar-refractivity contribution in [3.8, 4) is 5.75 Å².